The van der Waals surface area contributed by atoms with Crippen molar-refractivity contribution in [2.75, 3.05) is 0 Å². The Morgan fingerprint density at radius 3 is 2.67 bits per heavy atom. The van der Waals surface area contributed by atoms with Crippen molar-refractivity contribution < 1.29 is 13.6 Å². The fraction of sp³-hybridized carbons (Fsp3) is 0.143. The molecule has 0 radical (unpaired) electrons. The number of halogens is 3. The van der Waals surface area contributed by atoms with E-state index in [0.717, 1.165) is 12.1 Å². The standard InChI is InChI=1S/C7H6ClF2NO/c8-11-12-4-5-1-2-6(9)7(10)3-5/h1-3,11H,4H2. The van der Waals surface area contributed by atoms with Crippen molar-refractivity contribution in [3.8, 4) is 0 Å². The maximum absolute atomic E-state index is 12.5. The number of hydrogen-bond donors (Lipinski definition) is 1. The molecule has 0 heterocycles. The topological polar surface area (TPSA) is 21.3 Å². The summed E-state index contributed by atoms with van der Waals surface area (Å²) in [5.41, 5.74) is 0.502. The highest BCUT2D eigenvalue weighted by atomic mass is 35.5. The lowest BCUT2D eigenvalue weighted by molar-refractivity contribution is 0.0815. The number of nitrogens with one attached hydrogen (secondary N) is 1. The molecular formula is C7H6ClF2NO. The number of rotatable bonds is 3. The lowest BCUT2D eigenvalue weighted by Gasteiger charge is -2.00. The van der Waals surface area contributed by atoms with Gasteiger partial charge in [-0.25, -0.2) is 8.78 Å². The molecule has 0 fully saturated rings. The fourth-order valence-electron chi connectivity index (χ4n) is 0.740. The highest BCUT2D eigenvalue weighted by molar-refractivity contribution is 6.12. The minimum absolute atomic E-state index is 0.0840. The van der Waals surface area contributed by atoms with E-state index in [0.29, 0.717) is 5.56 Å². The Morgan fingerprint density at radius 1 is 1.33 bits per heavy atom. The van der Waals surface area contributed by atoms with E-state index in [4.69, 9.17) is 11.8 Å². The van der Waals surface area contributed by atoms with E-state index in [9.17, 15) is 8.78 Å². The van der Waals surface area contributed by atoms with E-state index < -0.39 is 11.6 Å². The monoisotopic (exact) mass is 193 g/mol. The molecule has 0 saturated carbocycles. The van der Waals surface area contributed by atoms with E-state index in [1.807, 2.05) is 5.00 Å². The van der Waals surface area contributed by atoms with Gasteiger partial charge >= 0.3 is 0 Å². The Labute approximate surface area is 73.2 Å². The summed E-state index contributed by atoms with van der Waals surface area (Å²) >= 11 is 4.98. The minimum atomic E-state index is -0.898. The van der Waals surface area contributed by atoms with Crippen LogP contribution in [-0.4, -0.2) is 0 Å². The van der Waals surface area contributed by atoms with Crippen LogP contribution in [0.2, 0.25) is 0 Å². The first-order chi connectivity index (χ1) is 5.74. The fourth-order valence-corrected chi connectivity index (χ4v) is 0.795. The summed E-state index contributed by atoms with van der Waals surface area (Å²) < 4.78 is 24.9. The maximum Gasteiger partial charge on any atom is 0.159 e. The van der Waals surface area contributed by atoms with Gasteiger partial charge in [-0.2, -0.15) is 0 Å². The van der Waals surface area contributed by atoms with E-state index >= 15 is 0 Å². The van der Waals surface area contributed by atoms with Crippen molar-refractivity contribution in [2.45, 2.75) is 6.61 Å². The molecule has 1 N–H and O–H groups in total. The van der Waals surface area contributed by atoms with Crippen molar-refractivity contribution in [1.82, 2.24) is 5.00 Å². The molecule has 0 aliphatic carbocycles. The van der Waals surface area contributed by atoms with Crippen LogP contribution in [0.25, 0.3) is 0 Å². The Balaban J connectivity index is 2.69. The second kappa shape index (κ2) is 4.35. The van der Waals surface area contributed by atoms with E-state index in [2.05, 4.69) is 4.84 Å². The zero-order valence-corrected chi connectivity index (χ0v) is 6.74. The van der Waals surface area contributed by atoms with Crippen LogP contribution in [0.1, 0.15) is 5.56 Å². The second-order valence-electron chi connectivity index (χ2n) is 2.11. The highest BCUT2D eigenvalue weighted by Crippen LogP contribution is 2.08. The Hall–Kier alpha value is -0.710. The van der Waals surface area contributed by atoms with Crippen LogP contribution in [-0.2, 0) is 11.4 Å². The van der Waals surface area contributed by atoms with Gasteiger partial charge in [0.05, 0.1) is 6.61 Å². The van der Waals surface area contributed by atoms with E-state index in [-0.39, 0.29) is 6.61 Å². The van der Waals surface area contributed by atoms with Crippen molar-refractivity contribution in [1.29, 1.82) is 0 Å². The average molecular weight is 194 g/mol. The van der Waals surface area contributed by atoms with Gasteiger partial charge < -0.3 is 0 Å². The molecule has 0 atom stereocenters. The predicted octanol–water partition coefficient (Wildman–Crippen LogP) is 2.14. The largest absolute Gasteiger partial charge is 0.282 e. The summed E-state index contributed by atoms with van der Waals surface area (Å²) in [5, 5.41) is 0. The van der Waals surface area contributed by atoms with Crippen LogP contribution < -0.4 is 5.00 Å². The maximum atomic E-state index is 12.5. The molecule has 0 bridgehead atoms. The van der Waals surface area contributed by atoms with Gasteiger partial charge in [0, 0.05) is 11.8 Å². The summed E-state index contributed by atoms with van der Waals surface area (Å²) in [6.07, 6.45) is 0. The first-order valence-electron chi connectivity index (χ1n) is 3.15. The van der Waals surface area contributed by atoms with Gasteiger partial charge in [0.1, 0.15) is 0 Å². The molecule has 0 spiro atoms. The molecule has 0 aromatic heterocycles. The van der Waals surface area contributed by atoms with E-state index in [1.54, 1.807) is 0 Å². The summed E-state index contributed by atoms with van der Waals surface area (Å²) in [4.78, 5) is 6.45. The molecule has 1 aromatic rings. The first kappa shape index (κ1) is 9.38. The first-order valence-corrected chi connectivity index (χ1v) is 3.53. The van der Waals surface area contributed by atoms with Crippen molar-refractivity contribution in [2.24, 2.45) is 0 Å². The summed E-state index contributed by atoms with van der Waals surface area (Å²) in [5.74, 6) is -1.77. The van der Waals surface area contributed by atoms with Gasteiger partial charge in [0.2, 0.25) is 0 Å². The number of benzene rings is 1. The minimum Gasteiger partial charge on any atom is -0.282 e. The van der Waals surface area contributed by atoms with Crippen LogP contribution in [0.15, 0.2) is 18.2 Å². The van der Waals surface area contributed by atoms with E-state index in [1.165, 1.54) is 6.07 Å². The summed E-state index contributed by atoms with van der Waals surface area (Å²) in [6, 6.07) is 3.48. The summed E-state index contributed by atoms with van der Waals surface area (Å²) in [6.45, 7) is 0.0840. The van der Waals surface area contributed by atoms with Crippen molar-refractivity contribution in [3.05, 3.63) is 35.4 Å². The molecule has 0 aliphatic heterocycles. The van der Waals surface area contributed by atoms with Gasteiger partial charge in [-0.1, -0.05) is 6.07 Å². The second-order valence-corrected chi connectivity index (χ2v) is 2.27. The van der Waals surface area contributed by atoms with Crippen LogP contribution in [0.5, 0.6) is 0 Å². The van der Waals surface area contributed by atoms with Gasteiger partial charge in [-0.15, -0.1) is 5.00 Å². The van der Waals surface area contributed by atoms with Gasteiger partial charge in [0.25, 0.3) is 0 Å². The molecule has 0 unspecified atom stereocenters. The molecule has 1 aromatic carbocycles. The molecule has 0 amide bonds. The Kier molecular flexibility index (Phi) is 3.40. The smallest absolute Gasteiger partial charge is 0.159 e. The normalized spacial score (nSPS) is 10.2. The molecule has 0 aliphatic rings. The van der Waals surface area contributed by atoms with Crippen LogP contribution in [0, 0.1) is 11.6 Å². The van der Waals surface area contributed by atoms with Crippen molar-refractivity contribution >= 4 is 11.8 Å². The van der Waals surface area contributed by atoms with Crippen LogP contribution in [0.4, 0.5) is 8.78 Å². The third-order valence-corrected chi connectivity index (χ3v) is 1.39. The predicted molar refractivity (Wildman–Crippen MR) is 40.1 cm³/mol. The molecule has 5 heteroatoms. The third kappa shape index (κ3) is 2.41. The highest BCUT2D eigenvalue weighted by Gasteiger charge is 2.01. The van der Waals surface area contributed by atoms with Crippen LogP contribution in [0.3, 0.4) is 0 Å². The lowest BCUT2D eigenvalue weighted by atomic mass is 10.2. The quantitative estimate of drug-likeness (QED) is 0.587. The zero-order valence-electron chi connectivity index (χ0n) is 5.98. The molecule has 12 heavy (non-hydrogen) atoms. The van der Waals surface area contributed by atoms with Crippen LogP contribution >= 0.6 is 11.8 Å². The van der Waals surface area contributed by atoms with Crippen molar-refractivity contribution in [3.63, 3.8) is 0 Å². The molecule has 0 saturated heterocycles. The number of hydrogen-bond acceptors (Lipinski definition) is 2. The Morgan fingerprint density at radius 2 is 2.08 bits per heavy atom. The molecule has 66 valence electrons. The average Bonchev–Trinajstić information content (AvgIpc) is 2.07. The van der Waals surface area contributed by atoms with Gasteiger partial charge in [-0.05, 0) is 17.7 Å². The molecular weight excluding hydrogens is 188 g/mol. The lowest BCUT2D eigenvalue weighted by Crippen LogP contribution is -2.01. The third-order valence-electron chi connectivity index (χ3n) is 1.28. The molecule has 1 rings (SSSR count). The summed E-state index contributed by atoms with van der Waals surface area (Å²) in [7, 11) is 0. The Bertz CT molecular complexity index is 270. The SMILES string of the molecule is Fc1ccc(CONCl)cc1F. The molecule has 2 nitrogen and oxygen atoms in total. The van der Waals surface area contributed by atoms with Gasteiger partial charge in [0.15, 0.2) is 11.6 Å². The zero-order chi connectivity index (χ0) is 8.97. The van der Waals surface area contributed by atoms with Gasteiger partial charge in [-0.3, -0.25) is 4.84 Å².